The summed E-state index contributed by atoms with van der Waals surface area (Å²) < 4.78 is 5.12. The zero-order valence-electron chi connectivity index (χ0n) is 14.3. The van der Waals surface area contributed by atoms with Crippen molar-refractivity contribution < 1.29 is 9.53 Å². The monoisotopic (exact) mass is 369 g/mol. The Bertz CT molecular complexity index is 476. The third-order valence-electron chi connectivity index (χ3n) is 3.72. The Hall–Kier alpha value is -1.13. The van der Waals surface area contributed by atoms with Gasteiger partial charge in [0.2, 0.25) is 0 Å². The van der Waals surface area contributed by atoms with E-state index < -0.39 is 0 Å². The van der Waals surface area contributed by atoms with Gasteiger partial charge in [-0.2, -0.15) is 0 Å². The van der Waals surface area contributed by atoms with Crippen molar-refractivity contribution in [1.29, 1.82) is 0 Å². The van der Waals surface area contributed by atoms with Crippen molar-refractivity contribution in [2.75, 3.05) is 26.7 Å². The number of carbonyl (C=O) groups excluding carboxylic acids is 1. The highest BCUT2D eigenvalue weighted by atomic mass is 79.9. The Morgan fingerprint density at radius 2 is 1.73 bits per heavy atom. The predicted octanol–water partition coefficient (Wildman–Crippen LogP) is 4.22. The summed E-state index contributed by atoms with van der Waals surface area (Å²) >= 11 is 0. The quantitative estimate of drug-likeness (QED) is 0.642. The van der Waals surface area contributed by atoms with Gasteiger partial charge in [0, 0.05) is 12.0 Å². The highest BCUT2D eigenvalue weighted by Crippen LogP contribution is 2.20. The fraction of sp³-hybridized carbons (Fsp3) is 0.500. The molecule has 0 unspecified atom stereocenters. The predicted molar refractivity (Wildman–Crippen MR) is 98.9 cm³/mol. The third-order valence-corrected chi connectivity index (χ3v) is 3.72. The molecule has 0 aromatic heterocycles. The van der Waals surface area contributed by atoms with E-state index in [0.29, 0.717) is 0 Å². The number of ketones is 1. The van der Waals surface area contributed by atoms with Gasteiger partial charge in [-0.05, 0) is 36.9 Å². The molecule has 4 heteroatoms. The minimum atomic E-state index is -0.366. The van der Waals surface area contributed by atoms with Crippen LogP contribution in [0.25, 0.3) is 6.08 Å². The molecule has 0 fully saturated rings. The number of rotatable bonds is 8. The molecule has 0 aliphatic heterocycles. The number of hydrogen-bond donors (Lipinski definition) is 0. The Kier molecular flexibility index (Phi) is 9.30. The maximum atomic E-state index is 12.4. The van der Waals surface area contributed by atoms with Gasteiger partial charge in [0.1, 0.15) is 5.75 Å². The number of carbonyl (C=O) groups is 1. The summed E-state index contributed by atoms with van der Waals surface area (Å²) in [6.07, 6.45) is 3.55. The van der Waals surface area contributed by atoms with Crippen molar-refractivity contribution in [2.45, 2.75) is 27.7 Å². The van der Waals surface area contributed by atoms with Gasteiger partial charge in [0.15, 0.2) is 5.78 Å². The maximum Gasteiger partial charge on any atom is 0.162 e. The number of methoxy groups -OCH3 is 1. The molecule has 0 saturated carbocycles. The lowest BCUT2D eigenvalue weighted by Crippen LogP contribution is -2.38. The van der Waals surface area contributed by atoms with Gasteiger partial charge < -0.3 is 9.64 Å². The average molecular weight is 370 g/mol. The molecule has 0 aliphatic carbocycles. The van der Waals surface area contributed by atoms with Crippen molar-refractivity contribution in [2.24, 2.45) is 5.41 Å². The number of hydrogen-bond acceptors (Lipinski definition) is 3. The highest BCUT2D eigenvalue weighted by molar-refractivity contribution is 8.93. The molecule has 0 amide bonds. The minimum Gasteiger partial charge on any atom is -0.497 e. The number of halogens is 1. The Labute approximate surface area is 145 Å². The fourth-order valence-corrected chi connectivity index (χ4v) is 2.20. The molecule has 0 bridgehead atoms. The van der Waals surface area contributed by atoms with Gasteiger partial charge in [-0.25, -0.2) is 0 Å². The molecule has 3 nitrogen and oxygen atoms in total. The second-order valence-corrected chi connectivity index (χ2v) is 5.82. The number of benzene rings is 1. The van der Waals surface area contributed by atoms with E-state index in [2.05, 4.69) is 18.7 Å². The topological polar surface area (TPSA) is 29.5 Å². The largest absolute Gasteiger partial charge is 0.497 e. The van der Waals surface area contributed by atoms with Crippen LogP contribution in [0.15, 0.2) is 30.3 Å². The molecule has 0 saturated heterocycles. The summed E-state index contributed by atoms with van der Waals surface area (Å²) in [5, 5.41) is 0. The first kappa shape index (κ1) is 20.9. The first-order chi connectivity index (χ1) is 9.92. The molecule has 0 spiro atoms. The van der Waals surface area contributed by atoms with Crippen molar-refractivity contribution in [1.82, 2.24) is 4.90 Å². The number of nitrogens with zero attached hydrogens (tertiary/aromatic N) is 1. The van der Waals surface area contributed by atoms with Crippen LogP contribution >= 0.6 is 17.0 Å². The first-order valence-electron chi connectivity index (χ1n) is 7.51. The van der Waals surface area contributed by atoms with Gasteiger partial charge in [-0.3, -0.25) is 4.79 Å². The third kappa shape index (κ3) is 6.32. The van der Waals surface area contributed by atoms with Crippen molar-refractivity contribution in [3.05, 3.63) is 35.9 Å². The zero-order valence-corrected chi connectivity index (χ0v) is 16.0. The van der Waals surface area contributed by atoms with Gasteiger partial charge in [-0.1, -0.05) is 45.9 Å². The van der Waals surface area contributed by atoms with Crippen LogP contribution in [-0.4, -0.2) is 37.4 Å². The van der Waals surface area contributed by atoms with Crippen molar-refractivity contribution >= 4 is 28.8 Å². The summed E-state index contributed by atoms with van der Waals surface area (Å²) in [5.74, 6) is 0.977. The van der Waals surface area contributed by atoms with E-state index in [0.717, 1.165) is 30.9 Å². The lowest BCUT2D eigenvalue weighted by Gasteiger charge is -2.29. The van der Waals surface area contributed by atoms with Crippen LogP contribution in [0.5, 0.6) is 5.75 Å². The summed E-state index contributed by atoms with van der Waals surface area (Å²) in [5.41, 5.74) is 0.637. The molecule has 124 valence electrons. The molecule has 0 N–H and O–H groups in total. The van der Waals surface area contributed by atoms with Crippen LogP contribution in [0.4, 0.5) is 0 Å². The van der Waals surface area contributed by atoms with E-state index in [9.17, 15) is 4.79 Å². The van der Waals surface area contributed by atoms with Crippen molar-refractivity contribution in [3.8, 4) is 5.75 Å². The molecule has 0 radical (unpaired) electrons. The average Bonchev–Trinajstić information content (AvgIpc) is 2.50. The molecule has 22 heavy (non-hydrogen) atoms. The number of ether oxygens (including phenoxy) is 1. The first-order valence-corrected chi connectivity index (χ1v) is 7.51. The number of allylic oxidation sites excluding steroid dienone is 1. The smallest absolute Gasteiger partial charge is 0.162 e. The lowest BCUT2D eigenvalue weighted by molar-refractivity contribution is -0.123. The highest BCUT2D eigenvalue weighted by Gasteiger charge is 2.27. The normalized spacial score (nSPS) is 11.5. The minimum absolute atomic E-state index is 0. The van der Waals surface area contributed by atoms with Crippen LogP contribution in [0.2, 0.25) is 0 Å². The van der Waals surface area contributed by atoms with E-state index in [1.54, 1.807) is 13.2 Å². The second kappa shape index (κ2) is 9.80. The summed E-state index contributed by atoms with van der Waals surface area (Å²) in [7, 11) is 1.64. The molecule has 1 aromatic rings. The Balaban J connectivity index is 0.00000441. The van der Waals surface area contributed by atoms with Crippen LogP contribution in [-0.2, 0) is 4.79 Å². The maximum absolute atomic E-state index is 12.4. The van der Waals surface area contributed by atoms with Gasteiger partial charge >= 0.3 is 0 Å². The SMILES string of the molecule is Br.CCN(CC)CC(C)(C)C(=O)/C=C/c1ccc(OC)cc1. The molecule has 0 aliphatic rings. The van der Waals surface area contributed by atoms with E-state index in [1.165, 1.54) is 0 Å². The molecule has 0 atom stereocenters. The van der Waals surface area contributed by atoms with Gasteiger partial charge in [0.05, 0.1) is 7.11 Å². The lowest BCUT2D eigenvalue weighted by atomic mass is 9.87. The van der Waals surface area contributed by atoms with Crippen LogP contribution in [0.1, 0.15) is 33.3 Å². The zero-order chi connectivity index (χ0) is 15.9. The van der Waals surface area contributed by atoms with E-state index in [-0.39, 0.29) is 28.2 Å². The van der Waals surface area contributed by atoms with Crippen LogP contribution in [0, 0.1) is 5.41 Å². The van der Waals surface area contributed by atoms with E-state index in [1.807, 2.05) is 44.2 Å². The van der Waals surface area contributed by atoms with E-state index >= 15 is 0 Å². The molecule has 0 heterocycles. The molecule has 1 aromatic carbocycles. The molecular weight excluding hydrogens is 342 g/mol. The molecule has 1 rings (SSSR count). The van der Waals surface area contributed by atoms with E-state index in [4.69, 9.17) is 4.74 Å². The summed E-state index contributed by atoms with van der Waals surface area (Å²) in [6.45, 7) is 11.0. The summed E-state index contributed by atoms with van der Waals surface area (Å²) in [4.78, 5) is 14.7. The van der Waals surface area contributed by atoms with Crippen LogP contribution in [0.3, 0.4) is 0 Å². The molecular formula is C18H28BrNO2. The standard InChI is InChI=1S/C18H27NO2.BrH/c1-6-19(7-2)14-18(3,4)17(20)13-10-15-8-11-16(21-5)12-9-15;/h8-13H,6-7,14H2,1-5H3;1H/b13-10+;. The Morgan fingerprint density at radius 3 is 2.18 bits per heavy atom. The fourth-order valence-electron chi connectivity index (χ4n) is 2.20. The van der Waals surface area contributed by atoms with Gasteiger partial charge in [0.25, 0.3) is 0 Å². The summed E-state index contributed by atoms with van der Waals surface area (Å²) in [6, 6.07) is 7.68. The van der Waals surface area contributed by atoms with Crippen molar-refractivity contribution in [3.63, 3.8) is 0 Å². The Morgan fingerprint density at radius 1 is 1.18 bits per heavy atom. The second-order valence-electron chi connectivity index (χ2n) is 5.82. The van der Waals surface area contributed by atoms with Gasteiger partial charge in [-0.15, -0.1) is 17.0 Å². The van der Waals surface area contributed by atoms with Crippen LogP contribution < -0.4 is 4.74 Å².